The zero-order chi connectivity index (χ0) is 15.7. The Labute approximate surface area is 116 Å². The first-order valence-electron chi connectivity index (χ1n) is 5.84. The Morgan fingerprint density at radius 1 is 0.905 bits per heavy atom. The molecule has 0 fully saturated rings. The van der Waals surface area contributed by atoms with E-state index < -0.39 is 23.5 Å². The van der Waals surface area contributed by atoms with Gasteiger partial charge >= 0.3 is 12.4 Å². The van der Waals surface area contributed by atoms with Crippen molar-refractivity contribution in [2.75, 3.05) is 0 Å². The Hall–Kier alpha value is -2.05. The molecule has 0 spiro atoms. The van der Waals surface area contributed by atoms with E-state index in [4.69, 9.17) is 0 Å². The molecule has 21 heavy (non-hydrogen) atoms. The molecule has 0 unspecified atom stereocenters. The molecule has 7 heteroatoms. The van der Waals surface area contributed by atoms with E-state index in [2.05, 4.69) is 4.98 Å². The van der Waals surface area contributed by atoms with Crippen LogP contribution < -0.4 is 0 Å². The van der Waals surface area contributed by atoms with E-state index >= 15 is 0 Å². The Morgan fingerprint density at radius 3 is 2.24 bits per heavy atom. The van der Waals surface area contributed by atoms with E-state index in [0.29, 0.717) is 0 Å². The molecule has 0 saturated heterocycles. The highest BCUT2D eigenvalue weighted by Crippen LogP contribution is 2.33. The maximum Gasteiger partial charge on any atom is 0.416 e. The minimum atomic E-state index is -4.57. The summed E-state index contributed by atoms with van der Waals surface area (Å²) in [6, 6.07) is 5.04. The van der Waals surface area contributed by atoms with Gasteiger partial charge in [0.2, 0.25) is 0 Å². The third-order valence-electron chi connectivity index (χ3n) is 2.86. The zero-order valence-corrected chi connectivity index (χ0v) is 10.5. The van der Waals surface area contributed by atoms with Crippen LogP contribution >= 0.6 is 0 Å². The van der Waals surface area contributed by atoms with Gasteiger partial charge in [-0.3, -0.25) is 4.98 Å². The summed E-state index contributed by atoms with van der Waals surface area (Å²) in [6.45, 7) is 0. The molecule has 2 aromatic rings. The number of hydrogen-bond acceptors (Lipinski definition) is 1. The highest BCUT2D eigenvalue weighted by Gasteiger charge is 2.33. The lowest BCUT2D eigenvalue weighted by molar-refractivity contribution is -0.139. The van der Waals surface area contributed by atoms with Crippen LogP contribution in [0.5, 0.6) is 0 Å². The van der Waals surface area contributed by atoms with E-state index in [9.17, 15) is 26.3 Å². The summed E-state index contributed by atoms with van der Waals surface area (Å²) in [6.07, 6.45) is -7.36. The molecule has 1 nitrogen and oxygen atoms in total. The summed E-state index contributed by atoms with van der Waals surface area (Å²) >= 11 is 0. The van der Waals surface area contributed by atoms with Crippen molar-refractivity contribution >= 4 is 0 Å². The zero-order valence-electron chi connectivity index (χ0n) is 10.5. The topological polar surface area (TPSA) is 12.9 Å². The van der Waals surface area contributed by atoms with Gasteiger partial charge in [-0.25, -0.2) is 0 Å². The van der Waals surface area contributed by atoms with Gasteiger partial charge < -0.3 is 0 Å². The summed E-state index contributed by atoms with van der Waals surface area (Å²) in [4.78, 5) is 3.60. The van der Waals surface area contributed by atoms with E-state index in [0.717, 1.165) is 30.6 Å². The first-order chi connectivity index (χ1) is 9.68. The number of halogens is 6. The van der Waals surface area contributed by atoms with Crippen molar-refractivity contribution in [3.8, 4) is 0 Å². The third-order valence-corrected chi connectivity index (χ3v) is 2.86. The Kier molecular flexibility index (Phi) is 3.93. The van der Waals surface area contributed by atoms with Gasteiger partial charge in [-0.1, -0.05) is 18.2 Å². The molecule has 0 aliphatic carbocycles. The minimum Gasteiger partial charge on any atom is -0.264 e. The summed E-state index contributed by atoms with van der Waals surface area (Å²) < 4.78 is 76.2. The fraction of sp³-hybridized carbons (Fsp3) is 0.214. The van der Waals surface area contributed by atoms with E-state index in [1.54, 1.807) is 0 Å². The summed E-state index contributed by atoms with van der Waals surface area (Å²) in [5.74, 6) is 0. The van der Waals surface area contributed by atoms with Crippen molar-refractivity contribution in [1.29, 1.82) is 0 Å². The van der Waals surface area contributed by atoms with Crippen molar-refractivity contribution in [2.45, 2.75) is 18.8 Å². The predicted molar refractivity (Wildman–Crippen MR) is 63.5 cm³/mol. The van der Waals surface area contributed by atoms with Crippen LogP contribution in [0.4, 0.5) is 26.3 Å². The molecule has 0 aliphatic rings. The monoisotopic (exact) mass is 305 g/mol. The highest BCUT2D eigenvalue weighted by atomic mass is 19.4. The van der Waals surface area contributed by atoms with Gasteiger partial charge in [-0.15, -0.1) is 0 Å². The minimum absolute atomic E-state index is 0.142. The number of alkyl halides is 6. The van der Waals surface area contributed by atoms with E-state index in [1.807, 2.05) is 0 Å². The lowest BCUT2D eigenvalue weighted by Crippen LogP contribution is -2.10. The Balaban J connectivity index is 2.36. The lowest BCUT2D eigenvalue weighted by Gasteiger charge is -2.13. The van der Waals surface area contributed by atoms with Crippen LogP contribution in [0.3, 0.4) is 0 Å². The molecule has 0 bridgehead atoms. The van der Waals surface area contributed by atoms with Crippen LogP contribution in [-0.2, 0) is 18.8 Å². The van der Waals surface area contributed by atoms with Gasteiger partial charge in [-0.05, 0) is 29.7 Å². The fourth-order valence-corrected chi connectivity index (χ4v) is 1.92. The fourth-order valence-electron chi connectivity index (χ4n) is 1.92. The normalized spacial score (nSPS) is 12.5. The number of aromatic nitrogens is 1. The Bertz CT molecular complexity index is 630. The maximum atomic E-state index is 12.8. The summed E-state index contributed by atoms with van der Waals surface area (Å²) in [7, 11) is 0. The van der Waals surface area contributed by atoms with Crippen LogP contribution in [0.2, 0.25) is 0 Å². The molecule has 0 atom stereocenters. The number of nitrogens with zero attached hydrogens (tertiary/aromatic N) is 1. The molecule has 0 saturated carbocycles. The molecular formula is C14H9F6N. The molecule has 0 N–H and O–H groups in total. The predicted octanol–water partition coefficient (Wildman–Crippen LogP) is 4.71. The van der Waals surface area contributed by atoms with Crippen LogP contribution in [0.25, 0.3) is 0 Å². The van der Waals surface area contributed by atoms with Crippen molar-refractivity contribution in [1.82, 2.24) is 4.98 Å². The second kappa shape index (κ2) is 5.38. The van der Waals surface area contributed by atoms with Crippen LogP contribution in [0.15, 0.2) is 42.7 Å². The van der Waals surface area contributed by atoms with Crippen molar-refractivity contribution in [3.05, 3.63) is 65.0 Å². The number of hydrogen-bond donors (Lipinski definition) is 0. The first kappa shape index (κ1) is 15.3. The average Bonchev–Trinajstić information content (AvgIpc) is 2.37. The molecule has 0 aliphatic heterocycles. The smallest absolute Gasteiger partial charge is 0.264 e. The molecular weight excluding hydrogens is 296 g/mol. The molecule has 1 aromatic carbocycles. The molecule has 1 heterocycles. The molecule has 0 radical (unpaired) electrons. The lowest BCUT2D eigenvalue weighted by atomic mass is 10.00. The summed E-state index contributed by atoms with van der Waals surface area (Å²) in [5.41, 5.74) is -1.81. The second-order valence-electron chi connectivity index (χ2n) is 4.41. The number of pyridine rings is 1. The van der Waals surface area contributed by atoms with Crippen molar-refractivity contribution in [3.63, 3.8) is 0 Å². The molecule has 112 valence electrons. The highest BCUT2D eigenvalue weighted by molar-refractivity contribution is 5.34. The van der Waals surface area contributed by atoms with Gasteiger partial charge in [0.05, 0.1) is 11.1 Å². The summed E-state index contributed by atoms with van der Waals surface area (Å²) in [5, 5.41) is 0. The van der Waals surface area contributed by atoms with Gasteiger partial charge in [0.15, 0.2) is 0 Å². The van der Waals surface area contributed by atoms with Crippen molar-refractivity contribution in [2.24, 2.45) is 0 Å². The number of rotatable bonds is 2. The molecule has 0 amide bonds. The van der Waals surface area contributed by atoms with Crippen molar-refractivity contribution < 1.29 is 26.3 Å². The second-order valence-corrected chi connectivity index (χ2v) is 4.41. The van der Waals surface area contributed by atoms with Gasteiger partial charge in [0.1, 0.15) is 0 Å². The third kappa shape index (κ3) is 3.74. The SMILES string of the molecule is FC(F)(F)c1cccc(Cc2cnccc2C(F)(F)F)c1. The van der Waals surface area contributed by atoms with Crippen LogP contribution in [0, 0.1) is 0 Å². The molecule has 1 aromatic heterocycles. The average molecular weight is 305 g/mol. The van der Waals surface area contributed by atoms with E-state index in [1.165, 1.54) is 12.1 Å². The van der Waals surface area contributed by atoms with Gasteiger partial charge in [0, 0.05) is 12.4 Å². The largest absolute Gasteiger partial charge is 0.416 e. The van der Waals surface area contributed by atoms with Crippen LogP contribution in [-0.4, -0.2) is 4.98 Å². The Morgan fingerprint density at radius 2 is 1.62 bits per heavy atom. The molecule has 2 rings (SSSR count). The standard InChI is InChI=1S/C14H9F6N/c15-13(16,17)11-3-1-2-9(7-11)6-10-8-21-5-4-12(10)14(18,19)20/h1-5,7-8H,6H2. The van der Waals surface area contributed by atoms with Gasteiger partial charge in [-0.2, -0.15) is 26.3 Å². The first-order valence-corrected chi connectivity index (χ1v) is 5.84. The maximum absolute atomic E-state index is 12.8. The van der Waals surface area contributed by atoms with E-state index in [-0.39, 0.29) is 17.5 Å². The quantitative estimate of drug-likeness (QED) is 0.732. The van der Waals surface area contributed by atoms with Gasteiger partial charge in [0.25, 0.3) is 0 Å². The van der Waals surface area contributed by atoms with Crippen LogP contribution in [0.1, 0.15) is 22.3 Å². The number of benzene rings is 1.